The Morgan fingerprint density at radius 2 is 2.26 bits per heavy atom. The van der Waals surface area contributed by atoms with Crippen LogP contribution in [-0.2, 0) is 14.3 Å². The van der Waals surface area contributed by atoms with Gasteiger partial charge in [0.2, 0.25) is 0 Å². The number of nitrogens with zero attached hydrogens (tertiary/aromatic N) is 1. The summed E-state index contributed by atoms with van der Waals surface area (Å²) in [7, 11) is 0. The molecule has 19 heavy (non-hydrogen) atoms. The van der Waals surface area contributed by atoms with E-state index in [-0.39, 0.29) is 12.4 Å². The first-order valence-corrected chi connectivity index (χ1v) is 5.45. The second-order valence-electron chi connectivity index (χ2n) is 3.66. The summed E-state index contributed by atoms with van der Waals surface area (Å²) >= 11 is 0. The lowest BCUT2D eigenvalue weighted by Crippen LogP contribution is -2.16. The molecule has 0 fully saturated rings. The Morgan fingerprint density at radius 3 is 2.84 bits per heavy atom. The molecule has 6 nitrogen and oxygen atoms in total. The highest BCUT2D eigenvalue weighted by Gasteiger charge is 2.10. The van der Waals surface area contributed by atoms with E-state index in [9.17, 15) is 9.59 Å². The molecule has 3 N–H and O–H groups in total. The van der Waals surface area contributed by atoms with Gasteiger partial charge >= 0.3 is 5.97 Å². The van der Waals surface area contributed by atoms with E-state index in [0.29, 0.717) is 12.0 Å². The van der Waals surface area contributed by atoms with Crippen molar-refractivity contribution in [2.45, 2.75) is 6.92 Å². The summed E-state index contributed by atoms with van der Waals surface area (Å²) in [5, 5.41) is 8.78. The summed E-state index contributed by atoms with van der Waals surface area (Å²) in [6.07, 6.45) is 1.68. The molecular formula is C13H14N2O4. The Hall–Kier alpha value is -2.63. The van der Waals surface area contributed by atoms with Gasteiger partial charge in [0.15, 0.2) is 17.7 Å². The number of carboxylic acids is 1. The van der Waals surface area contributed by atoms with E-state index in [1.807, 2.05) is 25.1 Å². The van der Waals surface area contributed by atoms with Crippen LogP contribution in [-0.4, -0.2) is 30.2 Å². The molecule has 1 aromatic rings. The van der Waals surface area contributed by atoms with Crippen molar-refractivity contribution in [2.24, 2.45) is 10.7 Å². The summed E-state index contributed by atoms with van der Waals surface area (Å²) in [5.74, 6) is -1.49. The fraction of sp³-hybridized carbons (Fsp3) is 0.154. The lowest BCUT2D eigenvalue weighted by Gasteiger charge is -2.04. The van der Waals surface area contributed by atoms with Crippen LogP contribution in [0.1, 0.15) is 5.56 Å². The molecule has 0 heterocycles. The Labute approximate surface area is 110 Å². The number of nitrogens with two attached hydrogens (primary N) is 1. The molecule has 0 saturated carbocycles. The number of rotatable bonds is 6. The first-order chi connectivity index (χ1) is 9.04. The predicted molar refractivity (Wildman–Crippen MR) is 70.2 cm³/mol. The highest BCUT2D eigenvalue weighted by Crippen LogP contribution is 2.13. The maximum Gasteiger partial charge on any atom is 0.355 e. The van der Waals surface area contributed by atoms with E-state index in [1.54, 1.807) is 6.07 Å². The molecule has 100 valence electrons. The lowest BCUT2D eigenvalue weighted by molar-refractivity contribution is -0.133. The van der Waals surface area contributed by atoms with E-state index >= 15 is 0 Å². The molecule has 0 saturated heterocycles. The van der Waals surface area contributed by atoms with Gasteiger partial charge in [-0.15, -0.1) is 0 Å². The number of benzene rings is 1. The minimum Gasteiger partial charge on any atom is -0.482 e. The van der Waals surface area contributed by atoms with Gasteiger partial charge in [-0.2, -0.15) is 0 Å². The van der Waals surface area contributed by atoms with Crippen LogP contribution >= 0.6 is 0 Å². The second-order valence-corrected chi connectivity index (χ2v) is 3.66. The lowest BCUT2D eigenvalue weighted by atomic mass is 10.2. The van der Waals surface area contributed by atoms with Crippen LogP contribution in [0.4, 0.5) is 5.69 Å². The van der Waals surface area contributed by atoms with Crippen LogP contribution in [0, 0.1) is 6.92 Å². The van der Waals surface area contributed by atoms with Crippen molar-refractivity contribution in [1.29, 1.82) is 0 Å². The van der Waals surface area contributed by atoms with Crippen molar-refractivity contribution < 1.29 is 19.4 Å². The smallest absolute Gasteiger partial charge is 0.355 e. The van der Waals surface area contributed by atoms with Crippen molar-refractivity contribution in [3.63, 3.8) is 0 Å². The quantitative estimate of drug-likeness (QED) is 0.347. The molecule has 0 spiro atoms. The van der Waals surface area contributed by atoms with Gasteiger partial charge in [0.1, 0.15) is 6.61 Å². The summed E-state index contributed by atoms with van der Waals surface area (Å²) in [6.45, 7) is 1.62. The van der Waals surface area contributed by atoms with Gasteiger partial charge in [-0.05, 0) is 24.6 Å². The zero-order valence-corrected chi connectivity index (χ0v) is 10.4. The third-order valence-electron chi connectivity index (χ3n) is 2.14. The zero-order chi connectivity index (χ0) is 14.3. The van der Waals surface area contributed by atoms with Crippen LogP contribution in [0.3, 0.4) is 0 Å². The minimum absolute atomic E-state index is 0.152. The molecule has 0 aliphatic heterocycles. The van der Waals surface area contributed by atoms with Crippen LogP contribution in [0.25, 0.3) is 0 Å². The van der Waals surface area contributed by atoms with Crippen LogP contribution < -0.4 is 5.73 Å². The maximum absolute atomic E-state index is 10.8. The van der Waals surface area contributed by atoms with Crippen molar-refractivity contribution in [3.05, 3.63) is 41.3 Å². The van der Waals surface area contributed by atoms with Crippen LogP contribution in [0.15, 0.2) is 40.7 Å². The number of aliphatic carboxylic acids is 1. The molecule has 0 atom stereocenters. The van der Waals surface area contributed by atoms with Gasteiger partial charge in [0.05, 0.1) is 11.9 Å². The van der Waals surface area contributed by atoms with Gasteiger partial charge in [-0.1, -0.05) is 12.1 Å². The number of carbonyl (C=O) groups is 2. The molecule has 1 rings (SSSR count). The Bertz CT molecular complexity index is 535. The fourth-order valence-electron chi connectivity index (χ4n) is 1.26. The average Bonchev–Trinajstić information content (AvgIpc) is 2.38. The minimum atomic E-state index is -1.34. The van der Waals surface area contributed by atoms with Gasteiger partial charge in [-0.25, -0.2) is 4.79 Å². The summed E-state index contributed by atoms with van der Waals surface area (Å²) in [4.78, 5) is 25.1. The Morgan fingerprint density at radius 1 is 1.53 bits per heavy atom. The van der Waals surface area contributed by atoms with Gasteiger partial charge < -0.3 is 15.6 Å². The van der Waals surface area contributed by atoms with Crippen molar-refractivity contribution in [1.82, 2.24) is 0 Å². The summed E-state index contributed by atoms with van der Waals surface area (Å²) in [5.41, 5.74) is 6.49. The first kappa shape index (κ1) is 14.4. The van der Waals surface area contributed by atoms with Gasteiger partial charge in [0.25, 0.3) is 0 Å². The van der Waals surface area contributed by atoms with E-state index in [1.165, 1.54) is 6.21 Å². The number of aryl methyl sites for hydroxylation is 1. The van der Waals surface area contributed by atoms with E-state index < -0.39 is 11.7 Å². The van der Waals surface area contributed by atoms with E-state index in [0.717, 1.165) is 5.56 Å². The van der Waals surface area contributed by atoms with Crippen molar-refractivity contribution >= 4 is 24.2 Å². The van der Waals surface area contributed by atoms with Crippen LogP contribution in [0.5, 0.6) is 0 Å². The molecule has 0 bridgehead atoms. The SMILES string of the molecule is Cc1cccc(N=C/C(OCC=O)=C(\N)C(=O)O)c1. The number of carboxylic acid groups (broad SMARTS) is 1. The largest absolute Gasteiger partial charge is 0.482 e. The molecular weight excluding hydrogens is 248 g/mol. The van der Waals surface area contributed by atoms with Gasteiger partial charge in [-0.3, -0.25) is 9.79 Å². The standard InChI is InChI=1S/C13H14N2O4/c1-9-3-2-4-10(7-9)15-8-11(19-6-5-16)12(14)13(17)18/h2-5,7-8H,6,14H2,1H3,(H,17,18)/b12-11+,15-8?. The highest BCUT2D eigenvalue weighted by atomic mass is 16.5. The molecule has 0 radical (unpaired) electrons. The monoisotopic (exact) mass is 262 g/mol. The Kier molecular flexibility index (Phi) is 5.28. The molecule has 0 aliphatic rings. The molecule has 0 aliphatic carbocycles. The number of aliphatic imine (C=N–C) groups is 1. The molecule has 6 heteroatoms. The molecule has 0 amide bonds. The first-order valence-electron chi connectivity index (χ1n) is 5.45. The second kappa shape index (κ2) is 6.95. The van der Waals surface area contributed by atoms with Gasteiger partial charge in [0, 0.05) is 0 Å². The number of hydrogen-bond acceptors (Lipinski definition) is 5. The third kappa shape index (κ3) is 4.63. The summed E-state index contributed by atoms with van der Waals surface area (Å²) < 4.78 is 4.92. The van der Waals surface area contributed by atoms with Crippen LogP contribution in [0.2, 0.25) is 0 Å². The normalized spacial score (nSPS) is 12.1. The number of ether oxygens (including phenoxy) is 1. The number of allylic oxidation sites excluding steroid dienone is 1. The zero-order valence-electron chi connectivity index (χ0n) is 10.4. The van der Waals surface area contributed by atoms with Crippen molar-refractivity contribution in [2.75, 3.05) is 6.61 Å². The summed E-state index contributed by atoms with van der Waals surface area (Å²) in [6, 6.07) is 7.28. The number of carbonyl (C=O) groups excluding carboxylic acids is 1. The topological polar surface area (TPSA) is 102 Å². The highest BCUT2D eigenvalue weighted by molar-refractivity contribution is 5.94. The molecule has 1 aromatic carbocycles. The fourth-order valence-corrected chi connectivity index (χ4v) is 1.26. The Balaban J connectivity index is 2.97. The molecule has 0 aromatic heterocycles. The molecule has 0 unspecified atom stereocenters. The third-order valence-corrected chi connectivity index (χ3v) is 2.14. The predicted octanol–water partition coefficient (Wildman–Crippen LogP) is 1.17. The number of aldehydes is 1. The van der Waals surface area contributed by atoms with E-state index in [2.05, 4.69) is 4.99 Å². The van der Waals surface area contributed by atoms with E-state index in [4.69, 9.17) is 15.6 Å². The van der Waals surface area contributed by atoms with Crippen molar-refractivity contribution in [3.8, 4) is 0 Å². The number of hydrogen-bond donors (Lipinski definition) is 2. The maximum atomic E-state index is 10.8. The average molecular weight is 262 g/mol.